The Labute approximate surface area is 153 Å². The summed E-state index contributed by atoms with van der Waals surface area (Å²) in [6, 6.07) is 14.4. The van der Waals surface area contributed by atoms with Crippen LogP contribution >= 0.6 is 0 Å². The lowest BCUT2D eigenvalue weighted by atomic mass is 10.00. The number of aromatic carboxylic acids is 1. The van der Waals surface area contributed by atoms with E-state index in [9.17, 15) is 14.3 Å². The molecule has 0 saturated heterocycles. The van der Waals surface area contributed by atoms with Crippen LogP contribution in [0.2, 0.25) is 0 Å². The molecule has 0 aliphatic carbocycles. The Kier molecular flexibility index (Phi) is 3.84. The fraction of sp³-hybridized carbons (Fsp3) is 0.0500. The van der Waals surface area contributed by atoms with Crippen molar-refractivity contribution in [3.05, 3.63) is 71.7 Å². The van der Waals surface area contributed by atoms with Crippen molar-refractivity contribution in [2.75, 3.05) is 5.73 Å². The van der Waals surface area contributed by atoms with Gasteiger partial charge in [-0.2, -0.15) is 0 Å². The smallest absolute Gasteiger partial charge is 0.340 e. The number of aromatic nitrogens is 3. The highest BCUT2D eigenvalue weighted by molar-refractivity contribution is 6.02. The number of carbonyl (C=O) groups is 1. The zero-order valence-corrected chi connectivity index (χ0v) is 14.3. The number of aryl methyl sites for hydroxylation is 1. The molecule has 0 aliphatic heterocycles. The number of fused-ring (bicyclic) bond motifs is 1. The molecule has 0 spiro atoms. The Hall–Kier alpha value is -3.74. The zero-order valence-electron chi connectivity index (χ0n) is 14.3. The summed E-state index contributed by atoms with van der Waals surface area (Å²) in [7, 11) is 0. The van der Waals surface area contributed by atoms with E-state index in [0.29, 0.717) is 28.3 Å². The van der Waals surface area contributed by atoms with Gasteiger partial charge in [-0.05, 0) is 55.0 Å². The second kappa shape index (κ2) is 6.21. The van der Waals surface area contributed by atoms with E-state index in [-0.39, 0.29) is 17.0 Å². The maximum atomic E-state index is 13.3. The first-order valence-corrected chi connectivity index (χ1v) is 8.19. The number of hydrogen-bond donors (Lipinski definition) is 2. The number of pyridine rings is 1. The van der Waals surface area contributed by atoms with Crippen LogP contribution < -0.4 is 5.73 Å². The molecule has 134 valence electrons. The predicted molar refractivity (Wildman–Crippen MR) is 99.9 cm³/mol. The zero-order chi connectivity index (χ0) is 19.1. The van der Waals surface area contributed by atoms with Crippen LogP contribution in [0.3, 0.4) is 0 Å². The van der Waals surface area contributed by atoms with E-state index >= 15 is 0 Å². The third kappa shape index (κ3) is 2.89. The van der Waals surface area contributed by atoms with Crippen molar-refractivity contribution in [3.63, 3.8) is 0 Å². The molecule has 0 saturated carbocycles. The summed E-state index contributed by atoms with van der Waals surface area (Å²) >= 11 is 0. The van der Waals surface area contributed by atoms with Gasteiger partial charge in [0.2, 0.25) is 0 Å². The van der Waals surface area contributed by atoms with Gasteiger partial charge in [0.15, 0.2) is 11.5 Å². The van der Waals surface area contributed by atoms with Crippen molar-refractivity contribution < 1.29 is 14.3 Å². The molecule has 2 aromatic carbocycles. The lowest BCUT2D eigenvalue weighted by Gasteiger charge is -2.09. The Morgan fingerprint density at radius 2 is 1.70 bits per heavy atom. The second-order valence-corrected chi connectivity index (χ2v) is 6.18. The minimum absolute atomic E-state index is 0.0152. The third-order valence-corrected chi connectivity index (χ3v) is 4.33. The van der Waals surface area contributed by atoms with Crippen molar-refractivity contribution in [1.82, 2.24) is 14.6 Å². The highest BCUT2D eigenvalue weighted by Gasteiger charge is 2.21. The van der Waals surface area contributed by atoms with Crippen LogP contribution in [-0.4, -0.2) is 25.7 Å². The van der Waals surface area contributed by atoms with E-state index in [1.807, 2.05) is 6.92 Å². The predicted octanol–water partition coefficient (Wildman–Crippen LogP) is 3.79. The molecule has 0 aliphatic rings. The molecular weight excluding hydrogens is 347 g/mol. The minimum atomic E-state index is -1.13. The normalized spacial score (nSPS) is 11.0. The van der Waals surface area contributed by atoms with Gasteiger partial charge in [0, 0.05) is 22.5 Å². The van der Waals surface area contributed by atoms with Crippen LogP contribution in [0, 0.1) is 12.7 Å². The molecule has 0 amide bonds. The SMILES string of the molecule is Cc1cc(-c2ccc(F)cc2)c(C(=O)O)c2nc(-c3ccc(N)cc3)nn12. The monoisotopic (exact) mass is 362 g/mol. The van der Waals surface area contributed by atoms with E-state index in [2.05, 4.69) is 10.1 Å². The van der Waals surface area contributed by atoms with Gasteiger partial charge in [0.05, 0.1) is 0 Å². The Bertz CT molecular complexity index is 1170. The summed E-state index contributed by atoms with van der Waals surface area (Å²) in [4.78, 5) is 16.5. The molecular formula is C20H15FN4O2. The largest absolute Gasteiger partial charge is 0.478 e. The molecule has 2 aromatic heterocycles. The van der Waals surface area contributed by atoms with Gasteiger partial charge in [-0.15, -0.1) is 5.10 Å². The average molecular weight is 362 g/mol. The Morgan fingerprint density at radius 3 is 2.33 bits per heavy atom. The van der Waals surface area contributed by atoms with Crippen LogP contribution in [0.1, 0.15) is 16.1 Å². The van der Waals surface area contributed by atoms with Crippen molar-refractivity contribution in [2.45, 2.75) is 6.92 Å². The van der Waals surface area contributed by atoms with Crippen LogP contribution in [0.15, 0.2) is 54.6 Å². The van der Waals surface area contributed by atoms with E-state index in [0.717, 1.165) is 5.56 Å². The number of hydrogen-bond acceptors (Lipinski definition) is 4. The Balaban J connectivity index is 1.98. The first kappa shape index (κ1) is 16.7. The van der Waals surface area contributed by atoms with Gasteiger partial charge in [0.25, 0.3) is 0 Å². The van der Waals surface area contributed by atoms with E-state index in [1.54, 1.807) is 42.5 Å². The van der Waals surface area contributed by atoms with Crippen LogP contribution in [-0.2, 0) is 0 Å². The maximum absolute atomic E-state index is 13.3. The summed E-state index contributed by atoms with van der Waals surface area (Å²) in [6.45, 7) is 1.81. The van der Waals surface area contributed by atoms with Gasteiger partial charge in [-0.3, -0.25) is 0 Å². The quantitative estimate of drug-likeness (QED) is 0.541. The Morgan fingerprint density at radius 1 is 1.07 bits per heavy atom. The number of anilines is 1. The molecule has 2 heterocycles. The number of carboxylic acids is 1. The number of carboxylic acid groups (broad SMARTS) is 1. The standard InChI is InChI=1S/C20H15FN4O2/c1-11-10-16(12-2-6-14(21)7-3-12)17(20(26)27)19-23-18(24-25(11)19)13-4-8-15(22)9-5-13/h2-10H,22H2,1H3,(H,26,27). The molecule has 3 N–H and O–H groups in total. The topological polar surface area (TPSA) is 93.5 Å². The first-order chi connectivity index (χ1) is 12.9. The molecule has 7 heteroatoms. The average Bonchev–Trinajstić information content (AvgIpc) is 3.08. The number of benzene rings is 2. The first-order valence-electron chi connectivity index (χ1n) is 8.19. The minimum Gasteiger partial charge on any atom is -0.478 e. The summed E-state index contributed by atoms with van der Waals surface area (Å²) in [5, 5.41) is 14.3. The van der Waals surface area contributed by atoms with Gasteiger partial charge in [0.1, 0.15) is 11.4 Å². The number of nitrogen functional groups attached to an aromatic ring is 1. The van der Waals surface area contributed by atoms with Crippen molar-refractivity contribution in [1.29, 1.82) is 0 Å². The summed E-state index contributed by atoms with van der Waals surface area (Å²) in [5.41, 5.74) is 9.07. The number of nitrogens with zero attached hydrogens (tertiary/aromatic N) is 3. The van der Waals surface area contributed by atoms with Gasteiger partial charge < -0.3 is 10.8 Å². The van der Waals surface area contributed by atoms with E-state index in [4.69, 9.17) is 5.73 Å². The van der Waals surface area contributed by atoms with Crippen LogP contribution in [0.25, 0.3) is 28.2 Å². The van der Waals surface area contributed by atoms with Crippen molar-refractivity contribution in [2.24, 2.45) is 0 Å². The van der Waals surface area contributed by atoms with E-state index in [1.165, 1.54) is 16.6 Å². The molecule has 0 bridgehead atoms. The number of halogens is 1. The lowest BCUT2D eigenvalue weighted by Crippen LogP contribution is -2.06. The summed E-state index contributed by atoms with van der Waals surface area (Å²) in [6.07, 6.45) is 0. The maximum Gasteiger partial charge on any atom is 0.340 e. The molecule has 0 fully saturated rings. The molecule has 4 aromatic rings. The molecule has 0 unspecified atom stereocenters. The fourth-order valence-corrected chi connectivity index (χ4v) is 3.00. The van der Waals surface area contributed by atoms with Gasteiger partial charge >= 0.3 is 5.97 Å². The van der Waals surface area contributed by atoms with Crippen LogP contribution in [0.4, 0.5) is 10.1 Å². The fourth-order valence-electron chi connectivity index (χ4n) is 3.00. The molecule has 0 atom stereocenters. The second-order valence-electron chi connectivity index (χ2n) is 6.18. The molecule has 4 rings (SSSR count). The van der Waals surface area contributed by atoms with Gasteiger partial charge in [-0.25, -0.2) is 18.7 Å². The highest BCUT2D eigenvalue weighted by Crippen LogP contribution is 2.29. The van der Waals surface area contributed by atoms with Crippen molar-refractivity contribution in [3.8, 4) is 22.5 Å². The van der Waals surface area contributed by atoms with Crippen molar-refractivity contribution >= 4 is 17.3 Å². The third-order valence-electron chi connectivity index (χ3n) is 4.33. The highest BCUT2D eigenvalue weighted by atomic mass is 19.1. The summed E-state index contributed by atoms with van der Waals surface area (Å²) < 4.78 is 14.8. The lowest BCUT2D eigenvalue weighted by molar-refractivity contribution is 0.0699. The molecule has 0 radical (unpaired) electrons. The van der Waals surface area contributed by atoms with Gasteiger partial charge in [-0.1, -0.05) is 12.1 Å². The van der Waals surface area contributed by atoms with E-state index < -0.39 is 5.97 Å². The number of rotatable bonds is 3. The number of nitrogens with two attached hydrogens (primary N) is 1. The van der Waals surface area contributed by atoms with Crippen LogP contribution in [0.5, 0.6) is 0 Å². The summed E-state index contributed by atoms with van der Waals surface area (Å²) in [5.74, 6) is -1.12. The molecule has 6 nitrogen and oxygen atoms in total. The molecule has 27 heavy (non-hydrogen) atoms.